The van der Waals surface area contributed by atoms with Crippen LogP contribution in [0.3, 0.4) is 0 Å². The first-order valence-corrected chi connectivity index (χ1v) is 4.93. The fraction of sp³-hybridized carbons (Fsp3) is 0.900. The van der Waals surface area contributed by atoms with E-state index >= 15 is 0 Å². The third kappa shape index (κ3) is 3.03. The Morgan fingerprint density at radius 2 is 2.29 bits per heavy atom. The van der Waals surface area contributed by atoms with Crippen molar-refractivity contribution in [3.05, 3.63) is 0 Å². The van der Waals surface area contributed by atoms with Crippen LogP contribution in [0.25, 0.3) is 0 Å². The van der Waals surface area contributed by atoms with E-state index in [9.17, 15) is 9.18 Å². The standard InChI is InChI=1S/C10H17FO3/c1-4-9(12)8(11)5-7-6-13-10(2,3)14-7/h7-8H,4-6H2,1-3H3/t7-,8+/m0/s1. The molecule has 0 bridgehead atoms. The molecular formula is C10H17FO3. The lowest BCUT2D eigenvalue weighted by Gasteiger charge is -2.17. The molecule has 82 valence electrons. The highest BCUT2D eigenvalue weighted by atomic mass is 19.1. The van der Waals surface area contributed by atoms with Crippen LogP contribution in [-0.4, -0.2) is 30.5 Å². The third-order valence-corrected chi connectivity index (χ3v) is 2.23. The van der Waals surface area contributed by atoms with E-state index in [2.05, 4.69) is 0 Å². The van der Waals surface area contributed by atoms with Crippen molar-refractivity contribution in [3.8, 4) is 0 Å². The smallest absolute Gasteiger partial charge is 0.166 e. The van der Waals surface area contributed by atoms with Gasteiger partial charge in [-0.25, -0.2) is 4.39 Å². The molecule has 0 saturated carbocycles. The fourth-order valence-electron chi connectivity index (χ4n) is 1.46. The van der Waals surface area contributed by atoms with Gasteiger partial charge in [-0.3, -0.25) is 4.79 Å². The van der Waals surface area contributed by atoms with E-state index in [-0.39, 0.29) is 24.7 Å². The summed E-state index contributed by atoms with van der Waals surface area (Å²) >= 11 is 0. The Balaban J connectivity index is 2.36. The van der Waals surface area contributed by atoms with Crippen LogP contribution in [0.15, 0.2) is 0 Å². The fourth-order valence-corrected chi connectivity index (χ4v) is 1.46. The van der Waals surface area contributed by atoms with Gasteiger partial charge in [0.15, 0.2) is 17.7 Å². The number of hydrogen-bond acceptors (Lipinski definition) is 3. The van der Waals surface area contributed by atoms with E-state index in [4.69, 9.17) is 9.47 Å². The Kier molecular flexibility index (Phi) is 3.61. The zero-order valence-electron chi connectivity index (χ0n) is 8.88. The van der Waals surface area contributed by atoms with Crippen LogP contribution < -0.4 is 0 Å². The van der Waals surface area contributed by atoms with E-state index < -0.39 is 12.0 Å². The molecule has 1 aliphatic heterocycles. The normalized spacial score (nSPS) is 27.6. The number of Topliss-reactive ketones (excluding diaryl/α,β-unsaturated/α-hetero) is 1. The summed E-state index contributed by atoms with van der Waals surface area (Å²) in [6.45, 7) is 5.58. The zero-order valence-corrected chi connectivity index (χ0v) is 8.88. The summed E-state index contributed by atoms with van der Waals surface area (Å²) in [6, 6.07) is 0. The Morgan fingerprint density at radius 3 is 2.71 bits per heavy atom. The molecule has 0 amide bonds. The lowest BCUT2D eigenvalue weighted by atomic mass is 10.1. The van der Waals surface area contributed by atoms with Crippen LogP contribution in [0, 0.1) is 0 Å². The Labute approximate surface area is 83.6 Å². The first-order valence-electron chi connectivity index (χ1n) is 4.93. The SMILES string of the molecule is CCC(=O)[C@H](F)C[C@H]1COC(C)(C)O1. The molecule has 1 rings (SSSR count). The minimum absolute atomic E-state index is 0.107. The molecule has 1 fully saturated rings. The van der Waals surface area contributed by atoms with Crippen LogP contribution in [-0.2, 0) is 14.3 Å². The molecule has 1 aliphatic rings. The van der Waals surface area contributed by atoms with Gasteiger partial charge in [-0.1, -0.05) is 6.92 Å². The van der Waals surface area contributed by atoms with Crippen molar-refractivity contribution in [2.45, 2.75) is 51.7 Å². The zero-order chi connectivity index (χ0) is 10.8. The number of alkyl halides is 1. The molecule has 0 aromatic heterocycles. The monoisotopic (exact) mass is 204 g/mol. The molecule has 0 N–H and O–H groups in total. The summed E-state index contributed by atoms with van der Waals surface area (Å²) < 4.78 is 23.9. The minimum atomic E-state index is -1.41. The third-order valence-electron chi connectivity index (χ3n) is 2.23. The molecule has 1 heterocycles. The number of carbonyl (C=O) groups is 1. The predicted molar refractivity (Wildman–Crippen MR) is 49.7 cm³/mol. The van der Waals surface area contributed by atoms with Crippen molar-refractivity contribution in [3.63, 3.8) is 0 Å². The Morgan fingerprint density at radius 1 is 1.64 bits per heavy atom. The van der Waals surface area contributed by atoms with Gasteiger partial charge in [0, 0.05) is 12.8 Å². The molecule has 0 aromatic rings. The highest BCUT2D eigenvalue weighted by Crippen LogP contribution is 2.25. The van der Waals surface area contributed by atoms with Gasteiger partial charge in [0.2, 0.25) is 0 Å². The summed E-state index contributed by atoms with van der Waals surface area (Å²) in [6.07, 6.45) is -1.37. The molecule has 1 saturated heterocycles. The maximum atomic E-state index is 13.2. The second-order valence-electron chi connectivity index (χ2n) is 3.97. The van der Waals surface area contributed by atoms with Crippen molar-refractivity contribution in [2.75, 3.05) is 6.61 Å². The van der Waals surface area contributed by atoms with Crippen molar-refractivity contribution < 1.29 is 18.7 Å². The van der Waals surface area contributed by atoms with E-state index in [0.717, 1.165) is 0 Å². The highest BCUT2D eigenvalue weighted by molar-refractivity contribution is 5.82. The predicted octanol–water partition coefficient (Wildman–Crippen LogP) is 1.85. The largest absolute Gasteiger partial charge is 0.348 e. The highest BCUT2D eigenvalue weighted by Gasteiger charge is 2.35. The van der Waals surface area contributed by atoms with Crippen molar-refractivity contribution in [2.24, 2.45) is 0 Å². The summed E-state index contributed by atoms with van der Waals surface area (Å²) in [4.78, 5) is 11.0. The van der Waals surface area contributed by atoms with E-state index in [1.165, 1.54) is 0 Å². The lowest BCUT2D eigenvalue weighted by Crippen LogP contribution is -2.26. The molecule has 0 aliphatic carbocycles. The average Bonchev–Trinajstić information content (AvgIpc) is 2.44. The van der Waals surface area contributed by atoms with Crippen molar-refractivity contribution in [1.82, 2.24) is 0 Å². The maximum absolute atomic E-state index is 13.2. The summed E-state index contributed by atoms with van der Waals surface area (Å²) in [7, 11) is 0. The maximum Gasteiger partial charge on any atom is 0.166 e. The Hall–Kier alpha value is -0.480. The number of halogens is 1. The van der Waals surface area contributed by atoms with Gasteiger partial charge in [0.05, 0.1) is 12.7 Å². The summed E-state index contributed by atoms with van der Waals surface area (Å²) in [5.41, 5.74) is 0. The number of ketones is 1. The molecular weight excluding hydrogens is 187 g/mol. The number of ether oxygens (including phenoxy) is 2. The van der Waals surface area contributed by atoms with Crippen LogP contribution in [0.1, 0.15) is 33.6 Å². The minimum Gasteiger partial charge on any atom is -0.348 e. The molecule has 0 radical (unpaired) electrons. The van der Waals surface area contributed by atoms with E-state index in [1.54, 1.807) is 20.8 Å². The van der Waals surface area contributed by atoms with Crippen LogP contribution >= 0.6 is 0 Å². The molecule has 3 nitrogen and oxygen atoms in total. The van der Waals surface area contributed by atoms with Crippen molar-refractivity contribution >= 4 is 5.78 Å². The van der Waals surface area contributed by atoms with Gasteiger partial charge in [-0.2, -0.15) is 0 Å². The number of hydrogen-bond donors (Lipinski definition) is 0. The second kappa shape index (κ2) is 4.36. The lowest BCUT2D eigenvalue weighted by molar-refractivity contribution is -0.143. The second-order valence-corrected chi connectivity index (χ2v) is 3.97. The first kappa shape index (κ1) is 11.6. The van der Waals surface area contributed by atoms with Gasteiger partial charge in [0.1, 0.15) is 0 Å². The van der Waals surface area contributed by atoms with Gasteiger partial charge in [0.25, 0.3) is 0 Å². The van der Waals surface area contributed by atoms with Crippen LogP contribution in [0.4, 0.5) is 4.39 Å². The van der Waals surface area contributed by atoms with Gasteiger partial charge >= 0.3 is 0 Å². The van der Waals surface area contributed by atoms with Crippen molar-refractivity contribution in [1.29, 1.82) is 0 Å². The quantitative estimate of drug-likeness (QED) is 0.701. The van der Waals surface area contributed by atoms with Gasteiger partial charge in [-0.05, 0) is 13.8 Å². The topological polar surface area (TPSA) is 35.5 Å². The first-order chi connectivity index (χ1) is 6.44. The number of rotatable bonds is 4. The summed E-state index contributed by atoms with van der Waals surface area (Å²) in [5.74, 6) is -1.00. The number of carbonyl (C=O) groups excluding carboxylic acids is 1. The average molecular weight is 204 g/mol. The van der Waals surface area contributed by atoms with Crippen LogP contribution in [0.5, 0.6) is 0 Å². The molecule has 14 heavy (non-hydrogen) atoms. The van der Waals surface area contributed by atoms with Gasteiger partial charge < -0.3 is 9.47 Å². The molecule has 0 spiro atoms. The molecule has 0 aromatic carbocycles. The molecule has 4 heteroatoms. The molecule has 2 atom stereocenters. The van der Waals surface area contributed by atoms with E-state index in [0.29, 0.717) is 6.61 Å². The summed E-state index contributed by atoms with van der Waals surface area (Å²) in [5, 5.41) is 0. The van der Waals surface area contributed by atoms with E-state index in [1.807, 2.05) is 0 Å². The van der Waals surface area contributed by atoms with Gasteiger partial charge in [-0.15, -0.1) is 0 Å². The van der Waals surface area contributed by atoms with Crippen LogP contribution in [0.2, 0.25) is 0 Å². The molecule has 0 unspecified atom stereocenters. The Bertz CT molecular complexity index is 215.